The van der Waals surface area contributed by atoms with Gasteiger partial charge in [-0.15, -0.1) is 11.3 Å². The van der Waals surface area contributed by atoms with Crippen molar-refractivity contribution in [1.82, 2.24) is 0 Å². The second-order valence-electron chi connectivity index (χ2n) is 5.31. The standard InChI is InChI=1S/C16H17ClFNS/c17-12-7-8-14(13(18)10-12)19-16(11-4-1-2-5-11)15-6-3-9-20-15/h3,6-11,16,19H,1-2,4-5H2. The van der Waals surface area contributed by atoms with Gasteiger partial charge in [-0.25, -0.2) is 4.39 Å². The van der Waals surface area contributed by atoms with Crippen molar-refractivity contribution in [1.29, 1.82) is 0 Å². The first-order chi connectivity index (χ1) is 9.74. The molecule has 1 atom stereocenters. The van der Waals surface area contributed by atoms with Crippen LogP contribution in [0.25, 0.3) is 0 Å². The molecule has 1 fully saturated rings. The molecule has 1 heterocycles. The van der Waals surface area contributed by atoms with E-state index in [-0.39, 0.29) is 11.9 Å². The van der Waals surface area contributed by atoms with Gasteiger partial charge in [0, 0.05) is 9.90 Å². The Balaban J connectivity index is 1.86. The van der Waals surface area contributed by atoms with E-state index in [2.05, 4.69) is 22.8 Å². The average Bonchev–Trinajstić information content (AvgIpc) is 3.11. The maximum atomic E-state index is 14.0. The molecule has 3 rings (SSSR count). The molecule has 106 valence electrons. The zero-order valence-corrected chi connectivity index (χ0v) is 12.7. The van der Waals surface area contributed by atoms with Crippen molar-refractivity contribution in [3.8, 4) is 0 Å². The van der Waals surface area contributed by atoms with Gasteiger partial charge in [0.1, 0.15) is 5.82 Å². The Morgan fingerprint density at radius 2 is 2.05 bits per heavy atom. The van der Waals surface area contributed by atoms with Crippen LogP contribution in [0, 0.1) is 11.7 Å². The second kappa shape index (κ2) is 6.15. The Bertz CT molecular complexity index is 564. The molecule has 2 aromatic rings. The number of halogens is 2. The summed E-state index contributed by atoms with van der Waals surface area (Å²) in [6.07, 6.45) is 4.98. The van der Waals surface area contributed by atoms with Gasteiger partial charge < -0.3 is 5.32 Å². The van der Waals surface area contributed by atoms with Crippen LogP contribution in [0.2, 0.25) is 5.02 Å². The lowest BCUT2D eigenvalue weighted by atomic mass is 9.96. The largest absolute Gasteiger partial charge is 0.375 e. The number of anilines is 1. The number of thiophene rings is 1. The normalized spacial score (nSPS) is 17.3. The van der Waals surface area contributed by atoms with E-state index in [9.17, 15) is 4.39 Å². The molecule has 1 nitrogen and oxygen atoms in total. The maximum Gasteiger partial charge on any atom is 0.147 e. The first kappa shape index (κ1) is 13.9. The summed E-state index contributed by atoms with van der Waals surface area (Å²) in [5, 5.41) is 5.91. The Kier molecular flexibility index (Phi) is 4.27. The minimum Gasteiger partial charge on any atom is -0.375 e. The molecule has 0 spiro atoms. The third-order valence-corrected chi connectivity index (χ3v) is 5.15. The molecule has 1 unspecified atom stereocenters. The first-order valence-corrected chi connectivity index (χ1v) is 8.25. The number of nitrogens with one attached hydrogen (secondary N) is 1. The van der Waals surface area contributed by atoms with Crippen molar-refractivity contribution in [3.63, 3.8) is 0 Å². The van der Waals surface area contributed by atoms with Crippen molar-refractivity contribution in [3.05, 3.63) is 51.4 Å². The van der Waals surface area contributed by atoms with E-state index < -0.39 is 0 Å². The third kappa shape index (κ3) is 2.99. The lowest BCUT2D eigenvalue weighted by Crippen LogP contribution is -2.18. The summed E-state index contributed by atoms with van der Waals surface area (Å²) in [5.41, 5.74) is 0.541. The van der Waals surface area contributed by atoms with E-state index in [1.807, 2.05) is 0 Å². The predicted molar refractivity (Wildman–Crippen MR) is 84.1 cm³/mol. The number of hydrogen-bond acceptors (Lipinski definition) is 2. The molecule has 0 amide bonds. The van der Waals surface area contributed by atoms with Gasteiger partial charge in [-0.05, 0) is 48.4 Å². The summed E-state index contributed by atoms with van der Waals surface area (Å²) in [6, 6.07) is 9.22. The summed E-state index contributed by atoms with van der Waals surface area (Å²) >= 11 is 7.55. The lowest BCUT2D eigenvalue weighted by Gasteiger charge is -2.25. The SMILES string of the molecule is Fc1cc(Cl)ccc1NC(c1cccs1)C1CCCC1. The zero-order chi connectivity index (χ0) is 13.9. The summed E-state index contributed by atoms with van der Waals surface area (Å²) in [6.45, 7) is 0. The van der Waals surface area contributed by atoms with Crippen molar-refractivity contribution in [2.45, 2.75) is 31.7 Å². The van der Waals surface area contributed by atoms with E-state index in [1.54, 1.807) is 23.5 Å². The van der Waals surface area contributed by atoms with E-state index >= 15 is 0 Å². The highest BCUT2D eigenvalue weighted by Crippen LogP contribution is 2.39. The number of hydrogen-bond donors (Lipinski definition) is 1. The molecule has 4 heteroatoms. The van der Waals surface area contributed by atoms with E-state index in [0.717, 1.165) is 0 Å². The van der Waals surface area contributed by atoms with Gasteiger partial charge >= 0.3 is 0 Å². The molecular weight excluding hydrogens is 293 g/mol. The van der Waals surface area contributed by atoms with E-state index in [4.69, 9.17) is 11.6 Å². The smallest absolute Gasteiger partial charge is 0.147 e. The van der Waals surface area contributed by atoms with Gasteiger partial charge in [-0.2, -0.15) is 0 Å². The highest BCUT2D eigenvalue weighted by Gasteiger charge is 2.27. The Morgan fingerprint density at radius 1 is 1.25 bits per heavy atom. The van der Waals surface area contributed by atoms with Gasteiger partial charge in [0.2, 0.25) is 0 Å². The molecule has 1 aromatic heterocycles. The van der Waals surface area contributed by atoms with Gasteiger partial charge in [-0.1, -0.05) is 30.5 Å². The Hall–Kier alpha value is -1.06. The molecule has 0 aliphatic heterocycles. The fourth-order valence-corrected chi connectivity index (χ4v) is 3.98. The average molecular weight is 310 g/mol. The van der Waals surface area contributed by atoms with Gasteiger partial charge in [0.15, 0.2) is 0 Å². The zero-order valence-electron chi connectivity index (χ0n) is 11.1. The topological polar surface area (TPSA) is 12.0 Å². The van der Waals surface area contributed by atoms with Gasteiger partial charge in [0.25, 0.3) is 0 Å². The maximum absolute atomic E-state index is 14.0. The Morgan fingerprint density at radius 3 is 2.70 bits per heavy atom. The third-order valence-electron chi connectivity index (χ3n) is 3.96. The van der Waals surface area contributed by atoms with Crippen LogP contribution in [0.1, 0.15) is 36.6 Å². The first-order valence-electron chi connectivity index (χ1n) is 6.99. The molecule has 1 N–H and O–H groups in total. The van der Waals surface area contributed by atoms with Crippen molar-refractivity contribution >= 4 is 28.6 Å². The van der Waals surface area contributed by atoms with Crippen LogP contribution in [-0.4, -0.2) is 0 Å². The minimum atomic E-state index is -0.281. The fraction of sp³-hybridized carbons (Fsp3) is 0.375. The lowest BCUT2D eigenvalue weighted by molar-refractivity contribution is 0.473. The van der Waals surface area contributed by atoms with Crippen LogP contribution in [0.15, 0.2) is 35.7 Å². The van der Waals surface area contributed by atoms with Crippen molar-refractivity contribution < 1.29 is 4.39 Å². The van der Waals surface area contributed by atoms with Crippen molar-refractivity contribution in [2.75, 3.05) is 5.32 Å². The fourth-order valence-electron chi connectivity index (χ4n) is 2.95. The number of benzene rings is 1. The quantitative estimate of drug-likeness (QED) is 0.743. The van der Waals surface area contributed by atoms with Gasteiger partial charge in [0.05, 0.1) is 11.7 Å². The highest BCUT2D eigenvalue weighted by molar-refractivity contribution is 7.10. The summed E-state index contributed by atoms with van der Waals surface area (Å²) in [4.78, 5) is 1.28. The summed E-state index contributed by atoms with van der Waals surface area (Å²) in [7, 11) is 0. The Labute approximate surface area is 127 Å². The van der Waals surface area contributed by atoms with E-state index in [1.165, 1.54) is 36.6 Å². The summed E-state index contributed by atoms with van der Waals surface area (Å²) in [5.74, 6) is 0.306. The molecule has 1 aromatic carbocycles. The van der Waals surface area contributed by atoms with Crippen LogP contribution in [0.5, 0.6) is 0 Å². The van der Waals surface area contributed by atoms with Crippen molar-refractivity contribution in [2.24, 2.45) is 5.92 Å². The molecule has 1 saturated carbocycles. The summed E-state index contributed by atoms with van der Waals surface area (Å²) < 4.78 is 14.0. The van der Waals surface area contributed by atoms with Crippen LogP contribution >= 0.6 is 22.9 Å². The predicted octanol–water partition coefficient (Wildman–Crippen LogP) is 5.88. The van der Waals surface area contributed by atoms with E-state index in [0.29, 0.717) is 16.6 Å². The molecule has 0 bridgehead atoms. The molecule has 0 radical (unpaired) electrons. The molecular formula is C16H17ClFNS. The van der Waals surface area contributed by atoms with Gasteiger partial charge in [-0.3, -0.25) is 0 Å². The van der Waals surface area contributed by atoms with Crippen LogP contribution in [-0.2, 0) is 0 Å². The molecule has 0 saturated heterocycles. The molecule has 20 heavy (non-hydrogen) atoms. The monoisotopic (exact) mass is 309 g/mol. The van der Waals surface area contributed by atoms with Crippen LogP contribution in [0.3, 0.4) is 0 Å². The highest BCUT2D eigenvalue weighted by atomic mass is 35.5. The minimum absolute atomic E-state index is 0.202. The molecule has 1 aliphatic rings. The van der Waals surface area contributed by atoms with Crippen LogP contribution < -0.4 is 5.32 Å². The second-order valence-corrected chi connectivity index (χ2v) is 6.72. The molecule has 1 aliphatic carbocycles. The van der Waals surface area contributed by atoms with Crippen LogP contribution in [0.4, 0.5) is 10.1 Å². The number of rotatable bonds is 4.